The van der Waals surface area contributed by atoms with Crippen LogP contribution >= 0.6 is 0 Å². The minimum Gasteiger partial charge on any atom is -0.374 e. The van der Waals surface area contributed by atoms with Crippen molar-refractivity contribution in [2.24, 2.45) is 0 Å². The third-order valence-electron chi connectivity index (χ3n) is 3.48. The minimum atomic E-state index is -0.823. The fourth-order valence-electron chi connectivity index (χ4n) is 2.80. The molecular weight excluding hydrogens is 212 g/mol. The number of alkyl halides is 2. The van der Waals surface area contributed by atoms with E-state index in [1.165, 1.54) is 0 Å². The molecule has 2 fully saturated rings. The molecule has 0 aromatic carbocycles. The summed E-state index contributed by atoms with van der Waals surface area (Å²) in [6.07, 6.45) is -0.806. The Labute approximate surface area is 95.9 Å². The Bertz CT molecular complexity index is 250. The van der Waals surface area contributed by atoms with Crippen LogP contribution in [0.2, 0.25) is 0 Å². The van der Waals surface area contributed by atoms with E-state index in [-0.39, 0.29) is 11.1 Å². The van der Waals surface area contributed by atoms with Crippen LogP contribution < -0.4 is 0 Å². The highest BCUT2D eigenvalue weighted by Gasteiger charge is 2.52. The Morgan fingerprint density at radius 2 is 1.69 bits per heavy atom. The minimum absolute atomic E-state index is 0.247. The molecule has 0 aromatic rings. The lowest BCUT2D eigenvalue weighted by Gasteiger charge is -2.34. The molecule has 0 spiro atoms. The van der Waals surface area contributed by atoms with E-state index in [1.807, 2.05) is 25.7 Å². The van der Waals surface area contributed by atoms with Crippen molar-refractivity contribution in [2.75, 3.05) is 19.7 Å². The molecule has 2 unspecified atom stereocenters. The van der Waals surface area contributed by atoms with Gasteiger partial charge in [0, 0.05) is 25.9 Å². The molecule has 2 heterocycles. The van der Waals surface area contributed by atoms with Crippen LogP contribution in [0.25, 0.3) is 0 Å². The van der Waals surface area contributed by atoms with Crippen molar-refractivity contribution < 1.29 is 13.5 Å². The van der Waals surface area contributed by atoms with Gasteiger partial charge in [-0.2, -0.15) is 0 Å². The van der Waals surface area contributed by atoms with E-state index in [0.29, 0.717) is 32.5 Å². The van der Waals surface area contributed by atoms with Gasteiger partial charge in [0.2, 0.25) is 0 Å². The smallest absolute Gasteiger partial charge is 0.115 e. The predicted octanol–water partition coefficient (Wildman–Crippen LogP) is 2.33. The normalized spacial score (nSPS) is 40.3. The summed E-state index contributed by atoms with van der Waals surface area (Å²) in [7, 11) is 0. The molecule has 2 nitrogen and oxygen atoms in total. The van der Waals surface area contributed by atoms with Crippen LogP contribution in [-0.2, 0) is 4.74 Å². The van der Waals surface area contributed by atoms with Crippen molar-refractivity contribution in [3.63, 3.8) is 0 Å². The van der Waals surface area contributed by atoms with Gasteiger partial charge >= 0.3 is 0 Å². The second kappa shape index (κ2) is 3.91. The van der Waals surface area contributed by atoms with Gasteiger partial charge in [0.15, 0.2) is 0 Å². The SMILES string of the molecule is CC(C)(C)OCC12CC(F)CN1CC(F)C2. The van der Waals surface area contributed by atoms with Gasteiger partial charge in [-0.3, -0.25) is 4.90 Å². The lowest BCUT2D eigenvalue weighted by Crippen LogP contribution is -2.44. The van der Waals surface area contributed by atoms with Gasteiger partial charge in [-0.05, 0) is 20.8 Å². The van der Waals surface area contributed by atoms with Crippen LogP contribution in [0.5, 0.6) is 0 Å². The van der Waals surface area contributed by atoms with Crippen LogP contribution in [-0.4, -0.2) is 48.1 Å². The van der Waals surface area contributed by atoms with Crippen molar-refractivity contribution in [1.29, 1.82) is 0 Å². The van der Waals surface area contributed by atoms with Crippen LogP contribution in [0.1, 0.15) is 33.6 Å². The first-order chi connectivity index (χ1) is 7.31. The summed E-state index contributed by atoms with van der Waals surface area (Å²) in [6.45, 7) is 7.09. The highest BCUT2D eigenvalue weighted by atomic mass is 19.1. The number of hydrogen-bond donors (Lipinski definition) is 0. The molecule has 16 heavy (non-hydrogen) atoms. The first-order valence-electron chi connectivity index (χ1n) is 5.98. The topological polar surface area (TPSA) is 12.5 Å². The number of fused-ring (bicyclic) bond motifs is 1. The standard InChI is InChI=1S/C12H21F2NO/c1-11(2,3)16-8-12-4-9(13)6-15(12)7-10(14)5-12/h9-10H,4-8H2,1-3H3. The van der Waals surface area contributed by atoms with Crippen molar-refractivity contribution in [1.82, 2.24) is 4.90 Å². The zero-order valence-electron chi connectivity index (χ0n) is 10.3. The van der Waals surface area contributed by atoms with E-state index in [0.717, 1.165) is 0 Å². The predicted molar refractivity (Wildman–Crippen MR) is 59.0 cm³/mol. The molecule has 0 amide bonds. The highest BCUT2D eigenvalue weighted by molar-refractivity contribution is 5.06. The third-order valence-corrected chi connectivity index (χ3v) is 3.48. The number of nitrogens with zero attached hydrogens (tertiary/aromatic N) is 1. The van der Waals surface area contributed by atoms with Crippen LogP contribution in [0.15, 0.2) is 0 Å². The Hall–Kier alpha value is -0.220. The molecule has 2 saturated heterocycles. The molecule has 0 bridgehead atoms. The summed E-state index contributed by atoms with van der Waals surface area (Å²) in [4.78, 5) is 1.94. The van der Waals surface area contributed by atoms with Gasteiger partial charge in [-0.15, -0.1) is 0 Å². The van der Waals surface area contributed by atoms with Gasteiger partial charge in [-0.1, -0.05) is 0 Å². The van der Waals surface area contributed by atoms with E-state index in [9.17, 15) is 8.78 Å². The maximum Gasteiger partial charge on any atom is 0.115 e. The second-order valence-electron chi connectivity index (χ2n) is 6.13. The van der Waals surface area contributed by atoms with Gasteiger partial charge < -0.3 is 4.74 Å². The van der Waals surface area contributed by atoms with E-state index < -0.39 is 12.3 Å². The zero-order valence-corrected chi connectivity index (χ0v) is 10.3. The Morgan fingerprint density at radius 1 is 1.19 bits per heavy atom. The molecule has 0 radical (unpaired) electrons. The maximum absolute atomic E-state index is 13.4. The number of rotatable bonds is 2. The first-order valence-corrected chi connectivity index (χ1v) is 5.98. The van der Waals surface area contributed by atoms with Crippen LogP contribution in [0, 0.1) is 0 Å². The van der Waals surface area contributed by atoms with Crippen LogP contribution in [0.3, 0.4) is 0 Å². The molecular formula is C12H21F2NO. The van der Waals surface area contributed by atoms with E-state index in [1.54, 1.807) is 0 Å². The summed E-state index contributed by atoms with van der Waals surface area (Å²) < 4.78 is 32.6. The monoisotopic (exact) mass is 233 g/mol. The summed E-state index contributed by atoms with van der Waals surface area (Å²) >= 11 is 0. The molecule has 4 heteroatoms. The fraction of sp³-hybridized carbons (Fsp3) is 1.00. The summed E-state index contributed by atoms with van der Waals surface area (Å²) in [5.41, 5.74) is -0.630. The number of hydrogen-bond acceptors (Lipinski definition) is 2. The molecule has 2 aliphatic heterocycles. The van der Waals surface area contributed by atoms with E-state index in [2.05, 4.69) is 0 Å². The maximum atomic E-state index is 13.4. The summed E-state index contributed by atoms with van der Waals surface area (Å²) in [6, 6.07) is 0. The quantitative estimate of drug-likeness (QED) is 0.726. The third kappa shape index (κ3) is 2.38. The lowest BCUT2D eigenvalue weighted by atomic mass is 9.94. The largest absolute Gasteiger partial charge is 0.374 e. The molecule has 2 rings (SSSR count). The molecule has 0 aliphatic carbocycles. The van der Waals surface area contributed by atoms with Crippen molar-refractivity contribution in [2.45, 2.75) is 57.1 Å². The fourth-order valence-corrected chi connectivity index (χ4v) is 2.80. The lowest BCUT2D eigenvalue weighted by molar-refractivity contribution is -0.0528. The molecule has 0 N–H and O–H groups in total. The molecule has 94 valence electrons. The second-order valence-corrected chi connectivity index (χ2v) is 6.13. The molecule has 2 atom stereocenters. The Kier molecular flexibility index (Phi) is 2.99. The Balaban J connectivity index is 2.03. The summed E-state index contributed by atoms with van der Waals surface area (Å²) in [5.74, 6) is 0. The van der Waals surface area contributed by atoms with Crippen molar-refractivity contribution in [3.8, 4) is 0 Å². The van der Waals surface area contributed by atoms with E-state index in [4.69, 9.17) is 4.74 Å². The van der Waals surface area contributed by atoms with Gasteiger partial charge in [-0.25, -0.2) is 8.78 Å². The average molecular weight is 233 g/mol. The zero-order chi connectivity index (χ0) is 12.0. The average Bonchev–Trinajstić information content (AvgIpc) is 2.52. The molecule has 2 aliphatic rings. The van der Waals surface area contributed by atoms with Gasteiger partial charge in [0.1, 0.15) is 12.3 Å². The van der Waals surface area contributed by atoms with E-state index >= 15 is 0 Å². The first kappa shape index (κ1) is 12.2. The molecule has 0 saturated carbocycles. The molecule has 0 aromatic heterocycles. The summed E-state index contributed by atoms with van der Waals surface area (Å²) in [5, 5.41) is 0. The Morgan fingerprint density at radius 3 is 2.12 bits per heavy atom. The number of halogens is 2. The number of ether oxygens (including phenoxy) is 1. The van der Waals surface area contributed by atoms with Crippen LogP contribution in [0.4, 0.5) is 8.78 Å². The highest BCUT2D eigenvalue weighted by Crippen LogP contribution is 2.41. The van der Waals surface area contributed by atoms with Crippen molar-refractivity contribution in [3.05, 3.63) is 0 Å². The van der Waals surface area contributed by atoms with Crippen molar-refractivity contribution >= 4 is 0 Å². The van der Waals surface area contributed by atoms with Gasteiger partial charge in [0.25, 0.3) is 0 Å². The van der Waals surface area contributed by atoms with Gasteiger partial charge in [0.05, 0.1) is 17.7 Å².